The molecule has 1 aromatic heterocycles. The minimum atomic E-state index is -0.248. The van der Waals surface area contributed by atoms with E-state index >= 15 is 0 Å². The second kappa shape index (κ2) is 4.22. The summed E-state index contributed by atoms with van der Waals surface area (Å²) in [6.07, 6.45) is 0. The number of nitrogens with two attached hydrogens (primary N) is 1. The highest BCUT2D eigenvalue weighted by atomic mass is 32.1. The van der Waals surface area contributed by atoms with E-state index in [9.17, 15) is 4.39 Å². The molecule has 0 fully saturated rings. The third kappa shape index (κ3) is 2.07. The van der Waals surface area contributed by atoms with Gasteiger partial charge in [-0.1, -0.05) is 13.8 Å². The van der Waals surface area contributed by atoms with Gasteiger partial charge in [-0.25, -0.2) is 9.37 Å². The van der Waals surface area contributed by atoms with Gasteiger partial charge in [0.05, 0.1) is 5.01 Å². The number of hydrogen-bond donors (Lipinski definition) is 1. The van der Waals surface area contributed by atoms with Crippen molar-refractivity contribution in [2.24, 2.45) is 0 Å². The Balaban J connectivity index is 2.44. The van der Waals surface area contributed by atoms with Gasteiger partial charge in [0.15, 0.2) is 0 Å². The van der Waals surface area contributed by atoms with Gasteiger partial charge in [0.25, 0.3) is 0 Å². The smallest absolute Gasteiger partial charge is 0.123 e. The average molecular weight is 236 g/mol. The standard InChI is InChI=1S/C12H13FN2S/c1-7(2)12-15-10(11(14)16-12)8-3-5-9(13)6-4-8/h3-7H,14H2,1-2H3. The van der Waals surface area contributed by atoms with E-state index in [-0.39, 0.29) is 5.82 Å². The van der Waals surface area contributed by atoms with Gasteiger partial charge in [-0.3, -0.25) is 0 Å². The van der Waals surface area contributed by atoms with Gasteiger partial charge >= 0.3 is 0 Å². The van der Waals surface area contributed by atoms with Crippen LogP contribution >= 0.6 is 11.3 Å². The highest BCUT2D eigenvalue weighted by Crippen LogP contribution is 2.33. The van der Waals surface area contributed by atoms with E-state index in [2.05, 4.69) is 18.8 Å². The fourth-order valence-corrected chi connectivity index (χ4v) is 2.27. The molecule has 2 N–H and O–H groups in total. The quantitative estimate of drug-likeness (QED) is 0.864. The summed E-state index contributed by atoms with van der Waals surface area (Å²) in [5.74, 6) is 0.114. The summed E-state index contributed by atoms with van der Waals surface area (Å²) < 4.78 is 12.8. The van der Waals surface area contributed by atoms with Crippen LogP contribution in [-0.4, -0.2) is 4.98 Å². The van der Waals surface area contributed by atoms with Crippen LogP contribution in [0.15, 0.2) is 24.3 Å². The van der Waals surface area contributed by atoms with Gasteiger partial charge in [0.1, 0.15) is 16.5 Å². The molecule has 0 unspecified atom stereocenters. The molecule has 4 heteroatoms. The maximum absolute atomic E-state index is 12.8. The Kier molecular flexibility index (Phi) is 2.92. The maximum atomic E-state index is 12.8. The predicted molar refractivity (Wildman–Crippen MR) is 66.0 cm³/mol. The van der Waals surface area contributed by atoms with E-state index in [0.717, 1.165) is 16.3 Å². The molecule has 0 saturated carbocycles. The van der Waals surface area contributed by atoms with Crippen molar-refractivity contribution in [1.29, 1.82) is 0 Å². The molecular formula is C12H13FN2S. The SMILES string of the molecule is CC(C)c1nc(-c2ccc(F)cc2)c(N)s1. The molecule has 1 heterocycles. The third-order valence-corrected chi connectivity index (χ3v) is 3.47. The number of thiazole rings is 1. The number of nitrogens with zero attached hydrogens (tertiary/aromatic N) is 1. The molecule has 16 heavy (non-hydrogen) atoms. The third-order valence-electron chi connectivity index (χ3n) is 2.28. The van der Waals surface area contributed by atoms with Gasteiger partial charge in [-0.2, -0.15) is 0 Å². The van der Waals surface area contributed by atoms with Gasteiger partial charge in [-0.05, 0) is 24.3 Å². The summed E-state index contributed by atoms with van der Waals surface area (Å²) in [5.41, 5.74) is 7.53. The summed E-state index contributed by atoms with van der Waals surface area (Å²) in [6.45, 7) is 4.15. The minimum absolute atomic E-state index is 0.248. The second-order valence-electron chi connectivity index (χ2n) is 3.93. The minimum Gasteiger partial charge on any atom is -0.389 e. The fourth-order valence-electron chi connectivity index (χ4n) is 1.41. The average Bonchev–Trinajstić information content (AvgIpc) is 2.62. The van der Waals surface area contributed by atoms with Crippen molar-refractivity contribution < 1.29 is 4.39 Å². The molecule has 0 spiro atoms. The molecule has 0 saturated heterocycles. The second-order valence-corrected chi connectivity index (χ2v) is 4.99. The van der Waals surface area contributed by atoms with Crippen molar-refractivity contribution in [1.82, 2.24) is 4.98 Å². The summed E-state index contributed by atoms with van der Waals surface area (Å²) in [4.78, 5) is 4.48. The maximum Gasteiger partial charge on any atom is 0.123 e. The zero-order valence-corrected chi connectivity index (χ0v) is 10.0. The monoisotopic (exact) mass is 236 g/mol. The highest BCUT2D eigenvalue weighted by Gasteiger charge is 2.12. The van der Waals surface area contributed by atoms with Gasteiger partial charge in [0.2, 0.25) is 0 Å². The number of aromatic nitrogens is 1. The molecule has 2 rings (SSSR count). The van der Waals surface area contributed by atoms with E-state index in [4.69, 9.17) is 5.73 Å². The van der Waals surface area contributed by atoms with Crippen molar-refractivity contribution in [3.8, 4) is 11.3 Å². The molecule has 0 atom stereocenters. The lowest BCUT2D eigenvalue weighted by Gasteiger charge is -1.98. The Bertz CT molecular complexity index is 488. The van der Waals surface area contributed by atoms with Crippen LogP contribution in [0.4, 0.5) is 9.39 Å². The lowest BCUT2D eigenvalue weighted by Crippen LogP contribution is -1.87. The van der Waals surface area contributed by atoms with Crippen molar-refractivity contribution in [2.45, 2.75) is 19.8 Å². The largest absolute Gasteiger partial charge is 0.389 e. The van der Waals surface area contributed by atoms with E-state index in [0.29, 0.717) is 10.9 Å². The van der Waals surface area contributed by atoms with E-state index < -0.39 is 0 Å². The van der Waals surface area contributed by atoms with Crippen molar-refractivity contribution in [3.63, 3.8) is 0 Å². The van der Waals surface area contributed by atoms with Crippen LogP contribution in [0, 0.1) is 5.82 Å². The van der Waals surface area contributed by atoms with Crippen LogP contribution < -0.4 is 5.73 Å². The number of anilines is 1. The Morgan fingerprint density at radius 2 is 1.88 bits per heavy atom. The number of nitrogen functional groups attached to an aromatic ring is 1. The van der Waals surface area contributed by atoms with Crippen LogP contribution in [0.5, 0.6) is 0 Å². The number of halogens is 1. The topological polar surface area (TPSA) is 38.9 Å². The van der Waals surface area contributed by atoms with Crippen molar-refractivity contribution in [3.05, 3.63) is 35.1 Å². The van der Waals surface area contributed by atoms with Crippen LogP contribution in [0.3, 0.4) is 0 Å². The first-order valence-electron chi connectivity index (χ1n) is 5.10. The van der Waals surface area contributed by atoms with Crippen molar-refractivity contribution in [2.75, 3.05) is 5.73 Å². The molecular weight excluding hydrogens is 223 g/mol. The summed E-state index contributed by atoms with van der Waals surface area (Å²) in [7, 11) is 0. The predicted octanol–water partition coefficient (Wildman–Crippen LogP) is 3.65. The molecule has 0 amide bonds. The Hall–Kier alpha value is -1.42. The number of rotatable bonds is 2. The Morgan fingerprint density at radius 3 is 2.38 bits per heavy atom. The van der Waals surface area contributed by atoms with Crippen LogP contribution in [0.1, 0.15) is 24.8 Å². The van der Waals surface area contributed by atoms with Crippen molar-refractivity contribution >= 4 is 16.3 Å². The molecule has 84 valence electrons. The molecule has 0 aliphatic carbocycles. The van der Waals surface area contributed by atoms with E-state index in [1.807, 2.05) is 0 Å². The Labute approximate surface area is 97.9 Å². The number of benzene rings is 1. The fraction of sp³-hybridized carbons (Fsp3) is 0.250. The highest BCUT2D eigenvalue weighted by molar-refractivity contribution is 7.16. The summed E-state index contributed by atoms with van der Waals surface area (Å²) in [5, 5.41) is 1.70. The zero-order chi connectivity index (χ0) is 11.7. The van der Waals surface area contributed by atoms with Crippen LogP contribution in [-0.2, 0) is 0 Å². The van der Waals surface area contributed by atoms with Gasteiger partial charge in [-0.15, -0.1) is 11.3 Å². The molecule has 2 aromatic rings. The lowest BCUT2D eigenvalue weighted by molar-refractivity contribution is 0.628. The molecule has 0 bridgehead atoms. The van der Waals surface area contributed by atoms with E-state index in [1.54, 1.807) is 12.1 Å². The first kappa shape index (κ1) is 11.1. The summed E-state index contributed by atoms with van der Waals surface area (Å²) >= 11 is 1.49. The molecule has 2 nitrogen and oxygen atoms in total. The van der Waals surface area contributed by atoms with Crippen LogP contribution in [0.25, 0.3) is 11.3 Å². The van der Waals surface area contributed by atoms with Gasteiger partial charge in [0, 0.05) is 11.5 Å². The Morgan fingerprint density at radius 1 is 1.25 bits per heavy atom. The summed E-state index contributed by atoms with van der Waals surface area (Å²) in [6, 6.07) is 6.24. The normalized spacial score (nSPS) is 11.0. The molecule has 1 aromatic carbocycles. The number of hydrogen-bond acceptors (Lipinski definition) is 3. The zero-order valence-electron chi connectivity index (χ0n) is 9.20. The molecule has 0 aliphatic rings. The van der Waals surface area contributed by atoms with Crippen LogP contribution in [0.2, 0.25) is 0 Å². The van der Waals surface area contributed by atoms with E-state index in [1.165, 1.54) is 23.5 Å². The lowest BCUT2D eigenvalue weighted by atomic mass is 10.1. The molecule has 0 aliphatic heterocycles. The first-order valence-corrected chi connectivity index (χ1v) is 5.91. The molecule has 0 radical (unpaired) electrons. The first-order chi connectivity index (χ1) is 7.58. The van der Waals surface area contributed by atoms with Gasteiger partial charge < -0.3 is 5.73 Å².